The van der Waals surface area contributed by atoms with Crippen molar-refractivity contribution in [3.8, 4) is 0 Å². The van der Waals surface area contributed by atoms with Crippen LogP contribution in [0.25, 0.3) is 6.08 Å². The number of hydrogen-bond donors (Lipinski definition) is 2. The summed E-state index contributed by atoms with van der Waals surface area (Å²) in [6.45, 7) is 0. The fraction of sp³-hybridized carbons (Fsp3) is 0.143. The minimum absolute atomic E-state index is 0. The van der Waals surface area contributed by atoms with Gasteiger partial charge in [0, 0.05) is 8.54 Å². The van der Waals surface area contributed by atoms with Gasteiger partial charge in [-0.3, -0.25) is 5.32 Å². The molecule has 2 aromatic rings. The number of urea groups is 1. The van der Waals surface area contributed by atoms with Gasteiger partial charge in [0.25, 0.3) is 0 Å². The highest BCUT2D eigenvalue weighted by Crippen LogP contribution is 2.28. The topological polar surface area (TPSA) is 54.0 Å². The van der Waals surface area contributed by atoms with Gasteiger partial charge in [-0.15, -0.1) is 0 Å². The third-order valence-corrected chi connectivity index (χ3v) is 3.85. The van der Waals surface area contributed by atoms with E-state index in [1.165, 1.54) is 35.6 Å². The van der Waals surface area contributed by atoms with Crippen molar-refractivity contribution < 1.29 is 12.0 Å². The van der Waals surface area contributed by atoms with Crippen LogP contribution in [0.2, 0.25) is 0 Å². The van der Waals surface area contributed by atoms with Crippen molar-refractivity contribution in [3.05, 3.63) is 46.7 Å². The molecule has 0 saturated carbocycles. The maximum Gasteiger partial charge on any atom is 0.325 e. The van der Waals surface area contributed by atoms with Crippen LogP contribution in [-0.4, -0.2) is 11.0 Å². The third kappa shape index (κ3) is 2.85. The number of nitrogens with zero attached hydrogens (tertiary/aromatic N) is 1. The Hall–Kier alpha value is -2.21. The molecule has 0 saturated heterocycles. The highest BCUT2D eigenvalue weighted by molar-refractivity contribution is 7.16. The van der Waals surface area contributed by atoms with Crippen molar-refractivity contribution >= 4 is 34.3 Å². The molecular weight excluding hydrogens is 277 g/mol. The number of aryl methyl sites for hydroxylation is 1. The van der Waals surface area contributed by atoms with Gasteiger partial charge in [-0.2, -0.15) is 0 Å². The lowest BCUT2D eigenvalue weighted by Crippen LogP contribution is -2.19. The van der Waals surface area contributed by atoms with Crippen molar-refractivity contribution in [2.45, 2.75) is 12.8 Å². The molecule has 0 fully saturated rings. The van der Waals surface area contributed by atoms with Gasteiger partial charge in [-0.1, -0.05) is 17.4 Å². The van der Waals surface area contributed by atoms with Gasteiger partial charge in [-0.05, 0) is 43.2 Å². The van der Waals surface area contributed by atoms with Gasteiger partial charge >= 0.3 is 6.03 Å². The number of anilines is 2. The normalized spacial score (nSPS) is 12.8. The third-order valence-electron chi connectivity index (χ3n) is 2.87. The fourth-order valence-electron chi connectivity index (χ4n) is 1.93. The molecule has 4 nitrogen and oxygen atoms in total. The Morgan fingerprint density at radius 3 is 2.85 bits per heavy atom. The first-order valence-electron chi connectivity index (χ1n) is 6.20. The van der Waals surface area contributed by atoms with Crippen molar-refractivity contribution in [3.63, 3.8) is 0 Å². The molecule has 2 amide bonds. The smallest absolute Gasteiger partial charge is 0.308 e. The van der Waals surface area contributed by atoms with Crippen molar-refractivity contribution in [2.75, 3.05) is 10.6 Å². The second-order valence-corrected chi connectivity index (χ2v) is 5.39. The Balaban J connectivity index is 0.00000121. The summed E-state index contributed by atoms with van der Waals surface area (Å²) < 4.78 is 12.8. The number of rotatable bonds is 2. The summed E-state index contributed by atoms with van der Waals surface area (Å²) in [5.74, 6) is -0.338. The number of allylic oxidation sites excluding steroid dienone is 1. The number of carbonyl (C=O) groups excluding carboxylic acids is 1. The first-order chi connectivity index (χ1) is 9.70. The number of carbonyl (C=O) groups is 1. The monoisotopic (exact) mass is 293 g/mol. The number of aromatic nitrogens is 1. The Morgan fingerprint density at radius 2 is 2.10 bits per heavy atom. The maximum absolute atomic E-state index is 12.8. The first kappa shape index (κ1) is 12.8. The standard InChI is InChI=1S/C14H12FN3OS.2H2/c15-9-5-7-10(8-6-9)16-13(19)18-14-17-11-3-1-2-4-12(11)20-14;;/h2,4-8H,1,3H2,(H2,16,17,18,19);2*1H. The molecule has 0 atom stereocenters. The van der Waals surface area contributed by atoms with E-state index in [4.69, 9.17) is 0 Å². The summed E-state index contributed by atoms with van der Waals surface area (Å²) in [5.41, 5.74) is 1.56. The van der Waals surface area contributed by atoms with Gasteiger partial charge < -0.3 is 5.32 Å². The minimum Gasteiger partial charge on any atom is -0.308 e. The lowest BCUT2D eigenvalue weighted by molar-refractivity contribution is 0.262. The molecule has 0 unspecified atom stereocenters. The number of halogens is 1. The summed E-state index contributed by atoms with van der Waals surface area (Å²) in [4.78, 5) is 17.3. The summed E-state index contributed by atoms with van der Waals surface area (Å²) in [7, 11) is 0. The molecule has 0 spiro atoms. The van der Waals surface area contributed by atoms with Crippen LogP contribution in [0.15, 0.2) is 30.3 Å². The Labute approximate surface area is 122 Å². The van der Waals surface area contributed by atoms with Gasteiger partial charge in [0.2, 0.25) is 0 Å². The second kappa shape index (κ2) is 5.42. The van der Waals surface area contributed by atoms with E-state index in [0.29, 0.717) is 10.8 Å². The minimum atomic E-state index is -0.383. The van der Waals surface area contributed by atoms with E-state index in [0.717, 1.165) is 23.4 Å². The Morgan fingerprint density at radius 1 is 1.30 bits per heavy atom. The molecule has 1 aliphatic rings. The van der Waals surface area contributed by atoms with Gasteiger partial charge in [0.05, 0.1) is 10.6 Å². The van der Waals surface area contributed by atoms with Crippen LogP contribution in [0, 0.1) is 5.82 Å². The lowest BCUT2D eigenvalue weighted by Gasteiger charge is -2.04. The number of hydrogen-bond acceptors (Lipinski definition) is 3. The van der Waals surface area contributed by atoms with Crippen molar-refractivity contribution in [1.29, 1.82) is 0 Å². The number of nitrogens with one attached hydrogen (secondary N) is 2. The van der Waals surface area contributed by atoms with Gasteiger partial charge in [0.15, 0.2) is 5.13 Å². The number of amides is 2. The largest absolute Gasteiger partial charge is 0.325 e. The van der Waals surface area contributed by atoms with Gasteiger partial charge in [-0.25, -0.2) is 14.2 Å². The van der Waals surface area contributed by atoms with E-state index in [2.05, 4.69) is 21.7 Å². The summed E-state index contributed by atoms with van der Waals surface area (Å²) >= 11 is 1.45. The van der Waals surface area contributed by atoms with Crippen molar-refractivity contribution in [2.24, 2.45) is 0 Å². The average molecular weight is 293 g/mol. The van der Waals surface area contributed by atoms with E-state index in [1.54, 1.807) is 0 Å². The van der Waals surface area contributed by atoms with Crippen LogP contribution in [0.3, 0.4) is 0 Å². The van der Waals surface area contributed by atoms with Crippen LogP contribution in [0.1, 0.15) is 19.8 Å². The molecule has 1 aromatic carbocycles. The molecule has 6 heteroatoms. The predicted molar refractivity (Wildman–Crippen MR) is 82.7 cm³/mol. The fourth-order valence-corrected chi connectivity index (χ4v) is 2.87. The van der Waals surface area contributed by atoms with Crippen LogP contribution in [0.4, 0.5) is 20.0 Å². The molecule has 106 valence electrons. The SMILES string of the molecule is O=C(Nc1ccc(F)cc1)Nc1nc2c(s1)C=CCC2.[HH].[HH]. The quantitative estimate of drug-likeness (QED) is 0.863. The van der Waals surface area contributed by atoms with E-state index in [9.17, 15) is 9.18 Å². The predicted octanol–water partition coefficient (Wildman–Crippen LogP) is 4.38. The maximum atomic E-state index is 12.8. The molecule has 20 heavy (non-hydrogen) atoms. The molecule has 0 bridgehead atoms. The van der Waals surface area contributed by atoms with Crippen LogP contribution in [0.5, 0.6) is 0 Å². The second-order valence-electron chi connectivity index (χ2n) is 4.36. The first-order valence-corrected chi connectivity index (χ1v) is 7.02. The highest BCUT2D eigenvalue weighted by Gasteiger charge is 2.13. The van der Waals surface area contributed by atoms with Crippen LogP contribution >= 0.6 is 11.3 Å². The molecule has 0 radical (unpaired) electrons. The van der Waals surface area contributed by atoms with Crippen LogP contribution in [-0.2, 0) is 6.42 Å². The van der Waals surface area contributed by atoms with Gasteiger partial charge in [0.1, 0.15) is 5.82 Å². The molecule has 1 aromatic heterocycles. The molecule has 2 N–H and O–H groups in total. The summed E-state index contributed by atoms with van der Waals surface area (Å²) in [6.07, 6.45) is 6.02. The summed E-state index contributed by atoms with van der Waals surface area (Å²) in [6, 6.07) is 5.21. The average Bonchev–Trinajstić information content (AvgIpc) is 2.83. The molecule has 3 rings (SSSR count). The van der Waals surface area contributed by atoms with E-state index in [1.807, 2.05) is 6.08 Å². The molecule has 0 aliphatic heterocycles. The zero-order valence-corrected chi connectivity index (χ0v) is 11.3. The van der Waals surface area contributed by atoms with Crippen LogP contribution < -0.4 is 10.6 Å². The molecular formula is C14H16FN3OS. The van der Waals surface area contributed by atoms with Crippen molar-refractivity contribution in [1.82, 2.24) is 4.98 Å². The van der Waals surface area contributed by atoms with E-state index >= 15 is 0 Å². The zero-order chi connectivity index (χ0) is 13.9. The number of thiazole rings is 1. The highest BCUT2D eigenvalue weighted by atomic mass is 32.1. The zero-order valence-electron chi connectivity index (χ0n) is 10.5. The van der Waals surface area contributed by atoms with E-state index < -0.39 is 0 Å². The Bertz CT molecular complexity index is 673. The summed E-state index contributed by atoms with van der Waals surface area (Å²) in [5, 5.41) is 5.89. The molecule has 1 heterocycles. The van der Waals surface area contributed by atoms with E-state index in [-0.39, 0.29) is 14.7 Å². The Kier molecular flexibility index (Phi) is 3.47. The number of benzene rings is 1. The molecule has 1 aliphatic carbocycles. The number of fused-ring (bicyclic) bond motifs is 1. The lowest BCUT2D eigenvalue weighted by atomic mass is 10.1.